The van der Waals surface area contributed by atoms with Crippen LogP contribution in [0.1, 0.15) is 11.1 Å². The van der Waals surface area contributed by atoms with Gasteiger partial charge in [0.1, 0.15) is 23.7 Å². The van der Waals surface area contributed by atoms with E-state index in [0.29, 0.717) is 22.9 Å². The molecule has 268 valence electrons. The molecule has 0 N–H and O–H groups in total. The number of nitrogens with zero attached hydrogens (tertiary/aromatic N) is 8. The second-order valence-electron chi connectivity index (χ2n) is 12.9. The molecule has 8 nitrogen and oxygen atoms in total. The fraction of sp³-hybridized carbons (Fsp3) is 0.0455. The van der Waals surface area contributed by atoms with Gasteiger partial charge in [0.15, 0.2) is 0 Å². The maximum absolute atomic E-state index is 8.91. The summed E-state index contributed by atoms with van der Waals surface area (Å²) in [6, 6.07) is 36.6. The van der Waals surface area contributed by atoms with E-state index in [1.165, 1.54) is 9.75 Å². The van der Waals surface area contributed by atoms with Gasteiger partial charge in [0.2, 0.25) is 0 Å². The summed E-state index contributed by atoms with van der Waals surface area (Å²) in [5, 5.41) is 25.2. The molecule has 0 bridgehead atoms. The van der Waals surface area contributed by atoms with E-state index in [-0.39, 0.29) is 0 Å². The Labute approximate surface area is 338 Å². The van der Waals surface area contributed by atoms with E-state index < -0.39 is 0 Å². The molecule has 6 heterocycles. The number of imidazole rings is 2. The van der Waals surface area contributed by atoms with E-state index in [1.807, 2.05) is 57.7 Å². The van der Waals surface area contributed by atoms with E-state index >= 15 is 0 Å². The molecule has 0 unspecified atom stereocenters. The minimum absolute atomic E-state index is 0.335. The summed E-state index contributed by atoms with van der Waals surface area (Å²) in [5.41, 5.74) is 11.1. The molecule has 4 aromatic carbocycles. The molecule has 0 aliphatic carbocycles. The first-order valence-corrected chi connectivity index (χ1v) is 19.9. The second kappa shape index (κ2) is 15.0. The van der Waals surface area contributed by atoms with Gasteiger partial charge in [-0.2, -0.15) is 10.5 Å². The summed E-state index contributed by atoms with van der Waals surface area (Å²) in [6.45, 7) is 0. The zero-order valence-electron chi connectivity index (χ0n) is 29.3. The van der Waals surface area contributed by atoms with Crippen LogP contribution in [0.2, 0.25) is 10.0 Å². The van der Waals surface area contributed by atoms with E-state index in [9.17, 15) is 0 Å². The smallest absolute Gasteiger partial charge is 0.108 e. The highest BCUT2D eigenvalue weighted by atomic mass is 35.5. The molecule has 0 atom stereocenters. The summed E-state index contributed by atoms with van der Waals surface area (Å²) in [6.07, 6.45) is 7.79. The van der Waals surface area contributed by atoms with Crippen LogP contribution in [0.3, 0.4) is 0 Å². The number of pyridine rings is 2. The highest BCUT2D eigenvalue weighted by Crippen LogP contribution is 2.35. The third-order valence-corrected chi connectivity index (χ3v) is 11.9. The number of hydrogen-bond donors (Lipinski definition) is 0. The van der Waals surface area contributed by atoms with Crippen molar-refractivity contribution in [2.75, 3.05) is 0 Å². The van der Waals surface area contributed by atoms with Gasteiger partial charge in [-0.15, -0.1) is 22.7 Å². The summed E-state index contributed by atoms with van der Waals surface area (Å²) in [5.74, 6) is 0. The molecule has 10 aromatic rings. The fourth-order valence-electron chi connectivity index (χ4n) is 6.84. The highest BCUT2D eigenvalue weighted by molar-refractivity contribution is 7.13. The monoisotopic (exact) mass is 800 g/mol. The van der Waals surface area contributed by atoms with Crippen LogP contribution in [-0.2, 0) is 12.8 Å². The Morgan fingerprint density at radius 3 is 1.39 bits per heavy atom. The molecule has 12 heteroatoms. The number of halogens is 2. The molecule has 0 saturated heterocycles. The van der Waals surface area contributed by atoms with Crippen LogP contribution in [-0.4, -0.2) is 29.1 Å². The van der Waals surface area contributed by atoms with Gasteiger partial charge in [0, 0.05) is 20.5 Å². The molecule has 6 aromatic heterocycles. The van der Waals surface area contributed by atoms with Gasteiger partial charge in [0.25, 0.3) is 0 Å². The maximum atomic E-state index is 8.91. The van der Waals surface area contributed by atoms with Crippen LogP contribution in [0.4, 0.5) is 0 Å². The zero-order chi connectivity index (χ0) is 38.2. The molecule has 56 heavy (non-hydrogen) atoms. The number of fused-ring (bicyclic) bond motifs is 6. The molecule has 0 amide bonds. The van der Waals surface area contributed by atoms with Crippen molar-refractivity contribution < 1.29 is 0 Å². The van der Waals surface area contributed by atoms with E-state index in [1.54, 1.807) is 47.7 Å². The summed E-state index contributed by atoms with van der Waals surface area (Å²) in [7, 11) is 0. The molecular weight excluding hydrogens is 776 g/mol. The first-order valence-electron chi connectivity index (χ1n) is 17.4. The Kier molecular flexibility index (Phi) is 9.48. The predicted molar refractivity (Wildman–Crippen MR) is 228 cm³/mol. The predicted octanol–water partition coefficient (Wildman–Crippen LogP) is 12.0. The number of benzene rings is 4. The lowest BCUT2D eigenvalue weighted by molar-refractivity contribution is 1.09. The van der Waals surface area contributed by atoms with Gasteiger partial charge in [0.05, 0.1) is 80.9 Å². The van der Waals surface area contributed by atoms with Crippen LogP contribution < -0.4 is 0 Å². The first kappa shape index (κ1) is 35.3. The van der Waals surface area contributed by atoms with E-state index in [2.05, 4.69) is 91.4 Å². The fourth-order valence-corrected chi connectivity index (χ4v) is 8.87. The molecule has 10 rings (SSSR count). The normalized spacial score (nSPS) is 11.1. The Morgan fingerprint density at radius 2 is 1.00 bits per heavy atom. The van der Waals surface area contributed by atoms with Crippen molar-refractivity contribution in [3.8, 4) is 44.4 Å². The van der Waals surface area contributed by atoms with Crippen LogP contribution in [0.5, 0.6) is 0 Å². The maximum Gasteiger partial charge on any atom is 0.108 e. The average molecular weight is 802 g/mol. The van der Waals surface area contributed by atoms with Gasteiger partial charge in [-0.05, 0) is 93.7 Å². The van der Waals surface area contributed by atoms with Gasteiger partial charge in [-0.25, -0.2) is 9.97 Å². The van der Waals surface area contributed by atoms with Gasteiger partial charge in [-0.1, -0.05) is 59.6 Å². The molecule has 0 radical (unpaired) electrons. The lowest BCUT2D eigenvalue weighted by Crippen LogP contribution is -1.96. The molecular formula is C44H26Cl2N8S2. The number of thiophene rings is 2. The van der Waals surface area contributed by atoms with Crippen molar-refractivity contribution in [1.82, 2.24) is 29.1 Å². The quantitative estimate of drug-likeness (QED) is 0.166. The van der Waals surface area contributed by atoms with E-state index in [0.717, 1.165) is 77.5 Å². The van der Waals surface area contributed by atoms with Crippen molar-refractivity contribution in [3.05, 3.63) is 154 Å². The second-order valence-corrected chi connectivity index (χ2v) is 15.6. The number of aromatic nitrogens is 6. The third kappa shape index (κ3) is 6.55. The van der Waals surface area contributed by atoms with Crippen LogP contribution in [0, 0.1) is 22.7 Å². The Bertz CT molecular complexity index is 2940. The number of hydrogen-bond acceptors (Lipinski definition) is 8. The first-order chi connectivity index (χ1) is 27.5. The van der Waals surface area contributed by atoms with Crippen LogP contribution >= 0.6 is 45.9 Å². The minimum Gasteiger partial charge on any atom is -0.297 e. The summed E-state index contributed by atoms with van der Waals surface area (Å²) < 4.78 is 3.99. The van der Waals surface area contributed by atoms with Gasteiger partial charge >= 0.3 is 0 Å². The Hall–Kier alpha value is -6.40. The number of rotatable bonds is 6. The SMILES string of the molecule is N#CCc1ccc(-n2cnc3cnc4ccc(-c5cccs5)cc4c32)c(Cl)c1.N#CCc1ccc(-n2cnc3cnc4ccc(-c5cccs5)cc4c32)c(Cl)c1. The Morgan fingerprint density at radius 1 is 0.536 bits per heavy atom. The number of nitriles is 2. The largest absolute Gasteiger partial charge is 0.297 e. The molecule has 0 aliphatic rings. The average Bonchev–Trinajstić information content (AvgIpc) is 4.06. The Balaban J connectivity index is 0.000000146. The molecule has 0 aliphatic heterocycles. The lowest BCUT2D eigenvalue weighted by atomic mass is 10.1. The van der Waals surface area contributed by atoms with Crippen molar-refractivity contribution in [3.63, 3.8) is 0 Å². The van der Waals surface area contributed by atoms with Crippen molar-refractivity contribution in [1.29, 1.82) is 10.5 Å². The van der Waals surface area contributed by atoms with Crippen LogP contribution in [0.25, 0.3) is 76.1 Å². The minimum atomic E-state index is 0.335. The molecule has 0 spiro atoms. The standard InChI is InChI=1S/2C22H13ClN4S/c2*23-17-10-14(7-8-24)3-6-20(17)27-13-26-19-12-25-18-5-4-15(11-16(18)22(19)27)21-2-1-9-28-21/h2*1-6,9-13H,7H2. The van der Waals surface area contributed by atoms with Gasteiger partial charge in [-0.3, -0.25) is 19.1 Å². The topological polar surface area (TPSA) is 109 Å². The molecule has 0 saturated carbocycles. The van der Waals surface area contributed by atoms with Crippen molar-refractivity contribution in [2.24, 2.45) is 0 Å². The lowest BCUT2D eigenvalue weighted by Gasteiger charge is -2.10. The summed E-state index contributed by atoms with van der Waals surface area (Å²) >= 11 is 16.5. The highest BCUT2D eigenvalue weighted by Gasteiger charge is 2.16. The summed E-state index contributed by atoms with van der Waals surface area (Å²) in [4.78, 5) is 20.6. The van der Waals surface area contributed by atoms with Crippen molar-refractivity contribution in [2.45, 2.75) is 12.8 Å². The molecule has 0 fully saturated rings. The van der Waals surface area contributed by atoms with Crippen LogP contribution in [0.15, 0.2) is 133 Å². The van der Waals surface area contributed by atoms with Gasteiger partial charge < -0.3 is 0 Å². The van der Waals surface area contributed by atoms with E-state index in [4.69, 9.17) is 33.7 Å². The zero-order valence-corrected chi connectivity index (χ0v) is 32.4. The van der Waals surface area contributed by atoms with Crippen molar-refractivity contribution >= 4 is 89.7 Å². The third-order valence-electron chi connectivity index (χ3n) is 9.47.